The van der Waals surface area contributed by atoms with Crippen molar-refractivity contribution < 1.29 is 22.3 Å². The molecule has 4 aromatic rings. The van der Waals surface area contributed by atoms with Crippen molar-refractivity contribution in [2.75, 3.05) is 12.1 Å². The first-order valence-electron chi connectivity index (χ1n) is 10.1. The number of nitrogens with one attached hydrogen (secondary N) is 1. The van der Waals surface area contributed by atoms with Crippen LogP contribution in [0.4, 0.5) is 5.88 Å². The highest BCUT2D eigenvalue weighted by molar-refractivity contribution is 7.91. The molecule has 0 unspecified atom stereocenters. The zero-order chi connectivity index (χ0) is 23.0. The van der Waals surface area contributed by atoms with E-state index < -0.39 is 9.84 Å². The van der Waals surface area contributed by atoms with Gasteiger partial charge in [0.1, 0.15) is 0 Å². The van der Waals surface area contributed by atoms with Crippen molar-refractivity contribution in [3.63, 3.8) is 0 Å². The Kier molecular flexibility index (Phi) is 5.47. The maximum Gasteiger partial charge on any atom is 0.234 e. The molecule has 9 heteroatoms. The number of hydrogen-bond acceptors (Lipinski definition) is 7. The number of ether oxygens (including phenoxy) is 2. The Balaban J connectivity index is 1.53. The molecule has 0 atom stereocenters. The number of rotatable bonds is 6. The highest BCUT2D eigenvalue weighted by Crippen LogP contribution is 2.35. The first-order valence-corrected chi connectivity index (χ1v) is 12.0. The summed E-state index contributed by atoms with van der Waals surface area (Å²) in [6, 6.07) is 18.9. The monoisotopic (exact) mass is 482 g/mol. The fraction of sp³-hybridized carbons (Fsp3) is 0.125. The molecule has 5 rings (SSSR count). The van der Waals surface area contributed by atoms with E-state index in [0.717, 1.165) is 11.1 Å². The predicted molar refractivity (Wildman–Crippen MR) is 123 cm³/mol. The molecule has 0 spiro atoms. The molecule has 168 valence electrons. The van der Waals surface area contributed by atoms with Gasteiger partial charge in [-0.25, -0.2) is 8.42 Å². The molecule has 1 N–H and O–H groups in total. The zero-order valence-corrected chi connectivity index (χ0v) is 19.1. The van der Waals surface area contributed by atoms with Gasteiger partial charge in [-0.05, 0) is 61.0 Å². The first kappa shape index (κ1) is 21.4. The van der Waals surface area contributed by atoms with Gasteiger partial charge in [0, 0.05) is 17.1 Å². The van der Waals surface area contributed by atoms with E-state index in [4.69, 9.17) is 25.5 Å². The second-order valence-electron chi connectivity index (χ2n) is 7.52. The Bertz CT molecular complexity index is 1430. The second kappa shape index (κ2) is 8.46. The van der Waals surface area contributed by atoms with Crippen molar-refractivity contribution in [1.82, 2.24) is 4.98 Å². The quantitative estimate of drug-likeness (QED) is 0.389. The van der Waals surface area contributed by atoms with Crippen molar-refractivity contribution in [2.45, 2.75) is 23.4 Å². The molecule has 0 aliphatic carbocycles. The summed E-state index contributed by atoms with van der Waals surface area (Å²) in [5.74, 6) is 1.58. The summed E-state index contributed by atoms with van der Waals surface area (Å²) in [5, 5.41) is 3.33. The lowest BCUT2D eigenvalue weighted by atomic mass is 10.1. The molecule has 1 aromatic heterocycles. The number of nitrogens with zero attached hydrogens (tertiary/aromatic N) is 1. The average molecular weight is 483 g/mol. The van der Waals surface area contributed by atoms with Crippen molar-refractivity contribution in [1.29, 1.82) is 0 Å². The first-order chi connectivity index (χ1) is 15.9. The van der Waals surface area contributed by atoms with Gasteiger partial charge < -0.3 is 19.2 Å². The summed E-state index contributed by atoms with van der Waals surface area (Å²) < 4.78 is 43.5. The highest BCUT2D eigenvalue weighted by Gasteiger charge is 2.28. The van der Waals surface area contributed by atoms with Gasteiger partial charge in [-0.1, -0.05) is 35.4 Å². The number of fused-ring (bicyclic) bond motifs is 1. The Morgan fingerprint density at radius 3 is 2.58 bits per heavy atom. The van der Waals surface area contributed by atoms with E-state index in [1.807, 2.05) is 49.4 Å². The summed E-state index contributed by atoms with van der Waals surface area (Å²) in [6.45, 7) is 2.41. The van der Waals surface area contributed by atoms with Gasteiger partial charge in [-0.2, -0.15) is 4.98 Å². The van der Waals surface area contributed by atoms with Crippen LogP contribution in [0.15, 0.2) is 81.1 Å². The van der Waals surface area contributed by atoms with Crippen LogP contribution >= 0.6 is 11.6 Å². The Morgan fingerprint density at radius 2 is 1.79 bits per heavy atom. The van der Waals surface area contributed by atoms with Crippen LogP contribution in [0.3, 0.4) is 0 Å². The molecule has 3 aromatic carbocycles. The summed E-state index contributed by atoms with van der Waals surface area (Å²) >= 11 is 5.94. The number of aromatic nitrogens is 1. The van der Waals surface area contributed by atoms with Gasteiger partial charge in [-0.3, -0.25) is 0 Å². The maximum absolute atomic E-state index is 13.4. The van der Waals surface area contributed by atoms with E-state index in [1.54, 1.807) is 0 Å². The zero-order valence-electron chi connectivity index (χ0n) is 17.5. The second-order valence-corrected chi connectivity index (χ2v) is 9.82. The lowest BCUT2D eigenvalue weighted by molar-refractivity contribution is 0.174. The Hall–Kier alpha value is -3.49. The molecule has 0 saturated heterocycles. The van der Waals surface area contributed by atoms with E-state index in [1.165, 1.54) is 24.3 Å². The minimum Gasteiger partial charge on any atom is -0.454 e. The van der Waals surface area contributed by atoms with E-state index in [0.29, 0.717) is 28.6 Å². The summed E-state index contributed by atoms with van der Waals surface area (Å²) in [4.78, 5) is 4.44. The summed E-state index contributed by atoms with van der Waals surface area (Å²) in [5.41, 5.74) is 2.55. The van der Waals surface area contributed by atoms with Crippen molar-refractivity contribution in [3.05, 3.63) is 82.9 Å². The fourth-order valence-corrected chi connectivity index (χ4v) is 4.86. The van der Waals surface area contributed by atoms with Crippen LogP contribution in [0.5, 0.6) is 11.5 Å². The predicted octanol–water partition coefficient (Wildman–Crippen LogP) is 5.48. The van der Waals surface area contributed by atoms with Gasteiger partial charge in [-0.15, -0.1) is 0 Å². The number of sulfone groups is 1. The lowest BCUT2D eigenvalue weighted by Gasteiger charge is -2.07. The van der Waals surface area contributed by atoms with Gasteiger partial charge in [0.25, 0.3) is 0 Å². The number of benzene rings is 3. The molecular formula is C24H19ClN2O5S. The average Bonchev–Trinajstić information content (AvgIpc) is 3.45. The Morgan fingerprint density at radius 1 is 1.00 bits per heavy atom. The molecule has 1 aliphatic heterocycles. The third kappa shape index (κ3) is 4.27. The summed E-state index contributed by atoms with van der Waals surface area (Å²) in [7, 11) is -3.97. The largest absolute Gasteiger partial charge is 0.454 e. The molecule has 33 heavy (non-hydrogen) atoms. The van der Waals surface area contributed by atoms with Crippen LogP contribution in [0.2, 0.25) is 5.02 Å². The number of halogens is 1. The lowest BCUT2D eigenvalue weighted by Crippen LogP contribution is -2.07. The minimum atomic E-state index is -3.97. The van der Waals surface area contributed by atoms with E-state index in [2.05, 4.69) is 10.3 Å². The number of aryl methyl sites for hydroxylation is 1. The molecule has 7 nitrogen and oxygen atoms in total. The van der Waals surface area contributed by atoms with Crippen LogP contribution in [-0.4, -0.2) is 20.2 Å². The molecule has 0 fully saturated rings. The van der Waals surface area contributed by atoms with Gasteiger partial charge >= 0.3 is 0 Å². The molecular weight excluding hydrogens is 464 g/mol. The van der Waals surface area contributed by atoms with Crippen molar-refractivity contribution >= 4 is 27.3 Å². The standard InChI is InChI=1S/C24H19ClN2O5S/c1-15-3-2-4-17(11-15)22-27-24(33(28,29)19-8-6-18(25)7-9-19)23(32-22)26-13-16-5-10-20-21(12-16)31-14-30-20/h2-12,26H,13-14H2,1H3. The molecule has 1 aliphatic rings. The molecule has 0 amide bonds. The SMILES string of the molecule is Cc1cccc(-c2nc(S(=O)(=O)c3ccc(Cl)cc3)c(NCc3ccc4c(c3)OCO4)o2)c1. The van der Waals surface area contributed by atoms with Crippen LogP contribution in [-0.2, 0) is 16.4 Å². The van der Waals surface area contributed by atoms with Crippen LogP contribution < -0.4 is 14.8 Å². The third-order valence-corrected chi connectivity index (χ3v) is 7.06. The number of oxazole rings is 1. The van der Waals surface area contributed by atoms with Crippen LogP contribution in [0.25, 0.3) is 11.5 Å². The van der Waals surface area contributed by atoms with E-state index in [-0.39, 0.29) is 28.5 Å². The Labute approximate surface area is 195 Å². The molecule has 2 heterocycles. The fourth-order valence-electron chi connectivity index (χ4n) is 3.46. The van der Waals surface area contributed by atoms with Gasteiger partial charge in [0.2, 0.25) is 33.4 Å². The van der Waals surface area contributed by atoms with Crippen LogP contribution in [0.1, 0.15) is 11.1 Å². The molecule has 0 bridgehead atoms. The number of hydrogen-bond donors (Lipinski definition) is 1. The summed E-state index contributed by atoms with van der Waals surface area (Å²) in [6.07, 6.45) is 0. The third-order valence-electron chi connectivity index (χ3n) is 5.13. The van der Waals surface area contributed by atoms with E-state index >= 15 is 0 Å². The van der Waals surface area contributed by atoms with Crippen molar-refractivity contribution in [2.24, 2.45) is 0 Å². The van der Waals surface area contributed by atoms with Crippen LogP contribution in [0, 0.1) is 6.92 Å². The van der Waals surface area contributed by atoms with Crippen molar-refractivity contribution in [3.8, 4) is 23.0 Å². The minimum absolute atomic E-state index is 0.0547. The highest BCUT2D eigenvalue weighted by atomic mass is 35.5. The van der Waals surface area contributed by atoms with E-state index in [9.17, 15) is 8.42 Å². The molecule has 0 radical (unpaired) electrons. The van der Waals surface area contributed by atoms with Gasteiger partial charge in [0.05, 0.1) is 4.90 Å². The number of anilines is 1. The normalized spacial score (nSPS) is 12.7. The smallest absolute Gasteiger partial charge is 0.234 e. The van der Waals surface area contributed by atoms with Gasteiger partial charge in [0.15, 0.2) is 11.5 Å². The maximum atomic E-state index is 13.4. The topological polar surface area (TPSA) is 90.7 Å². The molecule has 0 saturated carbocycles.